The maximum atomic E-state index is 13.9. The molecular formula is C22H23FN2O4. The minimum Gasteiger partial charge on any atom is -0.481 e. The number of nitrogens with zero attached hydrogens (tertiary/aromatic N) is 1. The number of piperidine rings is 1. The number of carbonyl (C=O) groups is 3. The molecule has 1 atom stereocenters. The van der Waals surface area contributed by atoms with Gasteiger partial charge in [-0.25, -0.2) is 4.39 Å². The molecule has 2 aromatic rings. The number of benzene rings is 2. The van der Waals surface area contributed by atoms with Gasteiger partial charge in [0, 0.05) is 24.3 Å². The summed E-state index contributed by atoms with van der Waals surface area (Å²) in [6.45, 7) is 4.02. The number of aryl methyl sites for hydroxylation is 1. The SMILES string of the molecule is Cc1ccc(C(=O)N2CCCC(C)(C(=O)O)C2)cc1NC(=O)c1ccccc1F. The van der Waals surface area contributed by atoms with Crippen LogP contribution >= 0.6 is 0 Å². The normalized spacial score (nSPS) is 18.9. The number of carbonyl (C=O) groups excluding carboxylic acids is 2. The predicted molar refractivity (Wildman–Crippen MR) is 106 cm³/mol. The van der Waals surface area contributed by atoms with E-state index in [1.165, 1.54) is 23.1 Å². The fraction of sp³-hybridized carbons (Fsp3) is 0.318. The number of hydrogen-bond donors (Lipinski definition) is 2. The summed E-state index contributed by atoms with van der Waals surface area (Å²) in [5.74, 6) is -2.45. The first kappa shape index (κ1) is 20.5. The lowest BCUT2D eigenvalue weighted by molar-refractivity contribution is -0.150. The Morgan fingerprint density at radius 1 is 1.17 bits per heavy atom. The van der Waals surface area contributed by atoms with E-state index >= 15 is 0 Å². The molecule has 1 unspecified atom stereocenters. The van der Waals surface area contributed by atoms with E-state index in [1.807, 2.05) is 0 Å². The van der Waals surface area contributed by atoms with Crippen molar-refractivity contribution in [2.75, 3.05) is 18.4 Å². The monoisotopic (exact) mass is 398 g/mol. The first-order valence-electron chi connectivity index (χ1n) is 9.40. The molecule has 0 aliphatic carbocycles. The van der Waals surface area contributed by atoms with Gasteiger partial charge in [-0.1, -0.05) is 18.2 Å². The number of aliphatic carboxylic acids is 1. The van der Waals surface area contributed by atoms with E-state index < -0.39 is 23.1 Å². The molecule has 1 saturated heterocycles. The van der Waals surface area contributed by atoms with Crippen LogP contribution in [0.4, 0.5) is 10.1 Å². The second-order valence-electron chi connectivity index (χ2n) is 7.66. The fourth-order valence-electron chi connectivity index (χ4n) is 3.49. The van der Waals surface area contributed by atoms with Gasteiger partial charge in [-0.15, -0.1) is 0 Å². The zero-order valence-electron chi connectivity index (χ0n) is 16.4. The van der Waals surface area contributed by atoms with Crippen LogP contribution in [-0.4, -0.2) is 40.9 Å². The number of anilines is 1. The molecular weight excluding hydrogens is 375 g/mol. The molecule has 0 aromatic heterocycles. The van der Waals surface area contributed by atoms with Crippen molar-refractivity contribution >= 4 is 23.5 Å². The summed E-state index contributed by atoms with van der Waals surface area (Å²) in [6.07, 6.45) is 1.13. The van der Waals surface area contributed by atoms with Crippen molar-refractivity contribution in [1.82, 2.24) is 4.90 Å². The third-order valence-electron chi connectivity index (χ3n) is 5.35. The molecule has 6 nitrogen and oxygen atoms in total. The lowest BCUT2D eigenvalue weighted by Crippen LogP contribution is -2.48. The largest absolute Gasteiger partial charge is 0.481 e. The molecule has 2 aromatic carbocycles. The molecule has 0 spiro atoms. The van der Waals surface area contributed by atoms with Crippen molar-refractivity contribution in [3.05, 3.63) is 65.0 Å². The summed E-state index contributed by atoms with van der Waals surface area (Å²) in [5.41, 5.74) is 0.411. The summed E-state index contributed by atoms with van der Waals surface area (Å²) >= 11 is 0. The van der Waals surface area contributed by atoms with Crippen LogP contribution in [0, 0.1) is 18.2 Å². The van der Waals surface area contributed by atoms with Crippen LogP contribution in [0.15, 0.2) is 42.5 Å². The van der Waals surface area contributed by atoms with Gasteiger partial charge in [-0.05, 0) is 56.5 Å². The maximum Gasteiger partial charge on any atom is 0.311 e. The van der Waals surface area contributed by atoms with Gasteiger partial charge in [-0.2, -0.15) is 0 Å². The Morgan fingerprint density at radius 3 is 2.59 bits per heavy atom. The molecule has 152 valence electrons. The summed E-state index contributed by atoms with van der Waals surface area (Å²) in [6, 6.07) is 10.5. The zero-order chi connectivity index (χ0) is 21.2. The van der Waals surface area contributed by atoms with E-state index in [0.717, 1.165) is 5.56 Å². The lowest BCUT2D eigenvalue weighted by Gasteiger charge is -2.37. The molecule has 0 bridgehead atoms. The Balaban J connectivity index is 1.81. The molecule has 3 rings (SSSR count). The van der Waals surface area contributed by atoms with Gasteiger partial charge in [0.25, 0.3) is 11.8 Å². The van der Waals surface area contributed by atoms with E-state index in [1.54, 1.807) is 38.1 Å². The molecule has 0 saturated carbocycles. The Kier molecular flexibility index (Phi) is 5.68. The number of likely N-dealkylation sites (tertiary alicyclic amines) is 1. The van der Waals surface area contributed by atoms with Crippen molar-refractivity contribution in [3.8, 4) is 0 Å². The highest BCUT2D eigenvalue weighted by molar-refractivity contribution is 6.05. The Morgan fingerprint density at radius 2 is 1.90 bits per heavy atom. The second kappa shape index (κ2) is 8.03. The summed E-state index contributed by atoms with van der Waals surface area (Å²) < 4.78 is 13.9. The van der Waals surface area contributed by atoms with Crippen molar-refractivity contribution in [2.24, 2.45) is 5.41 Å². The van der Waals surface area contributed by atoms with E-state index in [4.69, 9.17) is 0 Å². The van der Waals surface area contributed by atoms with Gasteiger partial charge in [0.1, 0.15) is 5.82 Å². The highest BCUT2D eigenvalue weighted by Gasteiger charge is 2.39. The third-order valence-corrected chi connectivity index (χ3v) is 5.35. The molecule has 1 aliphatic rings. The average Bonchev–Trinajstić information content (AvgIpc) is 2.69. The van der Waals surface area contributed by atoms with E-state index in [0.29, 0.717) is 30.6 Å². The minimum atomic E-state index is -0.972. The standard InChI is InChI=1S/C22H23FN2O4/c1-14-8-9-15(20(27)25-11-5-10-22(2,13-25)21(28)29)12-18(14)24-19(26)16-6-3-4-7-17(16)23/h3-4,6-9,12H,5,10-11,13H2,1-2H3,(H,24,26)(H,28,29). The number of nitrogens with one attached hydrogen (secondary N) is 1. The average molecular weight is 398 g/mol. The van der Waals surface area contributed by atoms with Crippen LogP contribution in [-0.2, 0) is 4.79 Å². The second-order valence-corrected chi connectivity index (χ2v) is 7.66. The molecule has 1 aliphatic heterocycles. The Bertz CT molecular complexity index is 975. The van der Waals surface area contributed by atoms with Gasteiger partial charge in [0.2, 0.25) is 0 Å². The van der Waals surface area contributed by atoms with Crippen LogP contribution in [0.2, 0.25) is 0 Å². The number of carboxylic acids is 1. The molecule has 2 amide bonds. The quantitative estimate of drug-likeness (QED) is 0.822. The van der Waals surface area contributed by atoms with Crippen LogP contribution in [0.5, 0.6) is 0 Å². The smallest absolute Gasteiger partial charge is 0.311 e. The molecule has 29 heavy (non-hydrogen) atoms. The van der Waals surface area contributed by atoms with E-state index in [2.05, 4.69) is 5.32 Å². The van der Waals surface area contributed by atoms with Gasteiger partial charge in [-0.3, -0.25) is 14.4 Å². The Hall–Kier alpha value is -3.22. The zero-order valence-corrected chi connectivity index (χ0v) is 16.4. The van der Waals surface area contributed by atoms with Crippen LogP contribution < -0.4 is 5.32 Å². The lowest BCUT2D eigenvalue weighted by atomic mass is 9.82. The van der Waals surface area contributed by atoms with E-state index in [9.17, 15) is 23.9 Å². The Labute approximate surface area is 168 Å². The molecule has 0 radical (unpaired) electrons. The topological polar surface area (TPSA) is 86.7 Å². The van der Waals surface area contributed by atoms with E-state index in [-0.39, 0.29) is 18.0 Å². The first-order valence-corrected chi connectivity index (χ1v) is 9.40. The number of halogens is 1. The molecule has 1 heterocycles. The number of amides is 2. The van der Waals surface area contributed by atoms with Gasteiger partial charge in [0.15, 0.2) is 0 Å². The predicted octanol–water partition coefficient (Wildman–Crippen LogP) is 3.71. The van der Waals surface area contributed by atoms with Gasteiger partial charge >= 0.3 is 5.97 Å². The third kappa shape index (κ3) is 4.29. The number of rotatable bonds is 4. The van der Waals surface area contributed by atoms with Crippen LogP contribution in [0.25, 0.3) is 0 Å². The van der Waals surface area contributed by atoms with Crippen LogP contribution in [0.3, 0.4) is 0 Å². The highest BCUT2D eigenvalue weighted by Crippen LogP contribution is 2.31. The van der Waals surface area contributed by atoms with Crippen molar-refractivity contribution in [2.45, 2.75) is 26.7 Å². The number of carboxylic acid groups (broad SMARTS) is 1. The number of hydrogen-bond acceptors (Lipinski definition) is 3. The van der Waals surface area contributed by atoms with Crippen molar-refractivity contribution in [3.63, 3.8) is 0 Å². The molecule has 7 heteroatoms. The van der Waals surface area contributed by atoms with Crippen molar-refractivity contribution in [1.29, 1.82) is 0 Å². The van der Waals surface area contributed by atoms with Crippen LogP contribution in [0.1, 0.15) is 46.0 Å². The highest BCUT2D eigenvalue weighted by atomic mass is 19.1. The summed E-state index contributed by atoms with van der Waals surface area (Å²) in [7, 11) is 0. The van der Waals surface area contributed by atoms with Gasteiger partial charge < -0.3 is 15.3 Å². The fourth-order valence-corrected chi connectivity index (χ4v) is 3.49. The first-order chi connectivity index (χ1) is 13.7. The summed E-state index contributed by atoms with van der Waals surface area (Å²) in [5, 5.41) is 12.1. The molecule has 2 N–H and O–H groups in total. The summed E-state index contributed by atoms with van der Waals surface area (Å²) in [4.78, 5) is 38.4. The van der Waals surface area contributed by atoms with Crippen molar-refractivity contribution < 1.29 is 23.9 Å². The minimum absolute atomic E-state index is 0.0862. The molecule has 1 fully saturated rings. The van der Waals surface area contributed by atoms with Gasteiger partial charge in [0.05, 0.1) is 11.0 Å². The maximum absolute atomic E-state index is 13.9.